The normalized spacial score (nSPS) is 19.6. The Morgan fingerprint density at radius 1 is 0.694 bits per heavy atom. The van der Waals surface area contributed by atoms with Crippen LogP contribution in [0.4, 0.5) is 0 Å². The van der Waals surface area contributed by atoms with E-state index in [0.29, 0.717) is 24.0 Å². The number of phenolic OH excluding ortho intramolecular Hbond substituents is 4. The van der Waals surface area contributed by atoms with Crippen LogP contribution in [0.15, 0.2) is 76.7 Å². The topological polar surface area (TPSA) is 203 Å². The number of para-hydroxylation sites is 3. The van der Waals surface area contributed by atoms with Gasteiger partial charge >= 0.3 is 0 Å². The van der Waals surface area contributed by atoms with Gasteiger partial charge in [0, 0.05) is 26.2 Å². The van der Waals surface area contributed by atoms with E-state index in [1.54, 1.807) is 55.1 Å². The molecule has 0 bridgehead atoms. The third kappa shape index (κ3) is 8.03. The highest BCUT2D eigenvalue weighted by atomic mass is 16.5. The second-order valence-electron chi connectivity index (χ2n) is 11.7. The van der Waals surface area contributed by atoms with Crippen LogP contribution in [-0.2, 0) is 19.1 Å². The van der Waals surface area contributed by atoms with E-state index in [0.717, 1.165) is 0 Å². The van der Waals surface area contributed by atoms with Crippen LogP contribution in [0.1, 0.15) is 48.2 Å². The summed E-state index contributed by atoms with van der Waals surface area (Å²) in [5.74, 6) is -1.88. The maximum absolute atomic E-state index is 13.8. The van der Waals surface area contributed by atoms with Gasteiger partial charge < -0.3 is 45.4 Å². The van der Waals surface area contributed by atoms with Gasteiger partial charge in [-0.2, -0.15) is 0 Å². The fraction of sp³-hybridized carbons (Fsp3) is 0.343. The highest BCUT2D eigenvalue weighted by molar-refractivity contribution is 6.01. The molecule has 5 rings (SSSR count). The first-order valence-corrected chi connectivity index (χ1v) is 16.0. The minimum absolute atomic E-state index is 0.00431. The second kappa shape index (κ2) is 15.4. The highest BCUT2D eigenvalue weighted by Gasteiger charge is 2.37. The molecule has 4 atom stereocenters. The van der Waals surface area contributed by atoms with Gasteiger partial charge in [0.05, 0.1) is 16.7 Å². The fourth-order valence-corrected chi connectivity index (χ4v) is 5.49. The molecule has 2 aliphatic heterocycles. The van der Waals surface area contributed by atoms with Crippen LogP contribution in [0.25, 0.3) is 0 Å². The molecule has 258 valence electrons. The van der Waals surface area contributed by atoms with Gasteiger partial charge in [-0.15, -0.1) is 0 Å². The average Bonchev–Trinajstić information content (AvgIpc) is 3.67. The molecule has 3 aromatic carbocycles. The van der Waals surface area contributed by atoms with Crippen LogP contribution < -0.4 is 10.6 Å². The summed E-state index contributed by atoms with van der Waals surface area (Å²) in [6.07, 6.45) is -0.429. The number of aromatic hydroxyl groups is 4. The summed E-state index contributed by atoms with van der Waals surface area (Å²) < 4.78 is 11.6. The lowest BCUT2D eigenvalue weighted by atomic mass is 10.1. The molecule has 2 heterocycles. The molecule has 0 aliphatic carbocycles. The zero-order chi connectivity index (χ0) is 35.1. The molecular formula is C35H39N5O9. The number of benzene rings is 3. The number of hydrogen-bond donors (Lipinski definition) is 6. The van der Waals surface area contributed by atoms with E-state index in [2.05, 4.69) is 20.6 Å². The molecule has 0 saturated heterocycles. The average molecular weight is 674 g/mol. The first-order valence-electron chi connectivity index (χ1n) is 16.0. The third-order valence-corrected chi connectivity index (χ3v) is 8.15. The van der Waals surface area contributed by atoms with Gasteiger partial charge in [-0.3, -0.25) is 14.4 Å². The van der Waals surface area contributed by atoms with E-state index in [9.17, 15) is 34.8 Å². The summed E-state index contributed by atoms with van der Waals surface area (Å²) in [4.78, 5) is 49.9. The van der Waals surface area contributed by atoms with E-state index in [-0.39, 0.29) is 66.9 Å². The number of phenols is 4. The lowest BCUT2D eigenvalue weighted by molar-refractivity contribution is -0.134. The molecular weight excluding hydrogens is 634 g/mol. The minimum atomic E-state index is -0.887. The zero-order valence-corrected chi connectivity index (χ0v) is 27.1. The Kier molecular flexibility index (Phi) is 10.9. The number of hydrogen-bond acceptors (Lipinski definition) is 11. The van der Waals surface area contributed by atoms with Crippen LogP contribution in [0.3, 0.4) is 0 Å². The van der Waals surface area contributed by atoms with Crippen molar-refractivity contribution in [3.8, 4) is 23.0 Å². The summed E-state index contributed by atoms with van der Waals surface area (Å²) >= 11 is 0. The Balaban J connectivity index is 1.21. The highest BCUT2D eigenvalue weighted by Crippen LogP contribution is 2.28. The first-order chi connectivity index (χ1) is 23.5. The molecule has 0 fully saturated rings. The van der Waals surface area contributed by atoms with Crippen molar-refractivity contribution in [2.24, 2.45) is 9.98 Å². The van der Waals surface area contributed by atoms with Gasteiger partial charge in [-0.1, -0.05) is 30.3 Å². The number of carbonyl (C=O) groups is 3. The third-order valence-electron chi connectivity index (χ3n) is 8.15. The van der Waals surface area contributed by atoms with Crippen molar-refractivity contribution in [1.29, 1.82) is 0 Å². The van der Waals surface area contributed by atoms with Gasteiger partial charge in [0.15, 0.2) is 23.6 Å². The Hall–Kier alpha value is -5.79. The lowest BCUT2D eigenvalue weighted by Crippen LogP contribution is -2.44. The molecule has 0 spiro atoms. The molecule has 49 heavy (non-hydrogen) atoms. The summed E-state index contributed by atoms with van der Waals surface area (Å²) in [5.41, 5.74) is 0.688. The van der Waals surface area contributed by atoms with Crippen molar-refractivity contribution in [3.05, 3.63) is 83.4 Å². The lowest BCUT2D eigenvalue weighted by Gasteiger charge is -2.26. The van der Waals surface area contributed by atoms with Crippen molar-refractivity contribution >= 4 is 29.5 Å². The number of nitrogens with one attached hydrogen (secondary N) is 2. The number of aliphatic imine (C=N–C) groups is 2. The van der Waals surface area contributed by atoms with Crippen LogP contribution in [0.2, 0.25) is 0 Å². The van der Waals surface area contributed by atoms with Crippen molar-refractivity contribution < 1.29 is 44.3 Å². The van der Waals surface area contributed by atoms with E-state index >= 15 is 0 Å². The molecule has 6 N–H and O–H groups in total. The molecule has 14 heteroatoms. The fourth-order valence-electron chi connectivity index (χ4n) is 5.49. The largest absolute Gasteiger partial charge is 0.507 e. The summed E-state index contributed by atoms with van der Waals surface area (Å²) in [6.45, 7) is 4.29. The van der Waals surface area contributed by atoms with Crippen molar-refractivity contribution in [2.75, 3.05) is 26.2 Å². The van der Waals surface area contributed by atoms with Gasteiger partial charge in [0.2, 0.25) is 17.7 Å². The molecule has 0 unspecified atom stereocenters. The van der Waals surface area contributed by atoms with Gasteiger partial charge in [0.1, 0.15) is 23.7 Å². The smallest absolute Gasteiger partial charge is 0.255 e. The Labute approximate surface area is 282 Å². The summed E-state index contributed by atoms with van der Waals surface area (Å²) in [5, 5.41) is 45.7. The zero-order valence-electron chi connectivity index (χ0n) is 27.1. The number of ether oxygens (including phenoxy) is 2. The van der Waals surface area contributed by atoms with Crippen molar-refractivity contribution in [2.45, 2.75) is 51.0 Å². The monoisotopic (exact) mass is 673 g/mol. The van der Waals surface area contributed by atoms with Crippen LogP contribution in [-0.4, -0.2) is 105 Å². The van der Waals surface area contributed by atoms with E-state index in [4.69, 9.17) is 9.47 Å². The van der Waals surface area contributed by atoms with Gasteiger partial charge in [-0.05, 0) is 63.1 Å². The van der Waals surface area contributed by atoms with Crippen LogP contribution >= 0.6 is 0 Å². The SMILES string of the molecule is C[C@H]1OC(c2ccccc2O)=N[C@@H]1C(=O)NCCCN(CCCNC(=O)c1cccc(O)c1O)C(=O)[C@H]1N=C(c2ccccc2O)O[C@@H]1C. The van der Waals surface area contributed by atoms with Gasteiger partial charge in [0.25, 0.3) is 11.8 Å². The molecule has 3 aromatic rings. The molecule has 0 saturated carbocycles. The quantitative estimate of drug-likeness (QED) is 0.116. The molecule has 3 amide bonds. The van der Waals surface area contributed by atoms with Crippen LogP contribution in [0.5, 0.6) is 23.0 Å². The Morgan fingerprint density at radius 3 is 1.80 bits per heavy atom. The maximum Gasteiger partial charge on any atom is 0.255 e. The molecule has 0 aromatic heterocycles. The number of carbonyl (C=O) groups excluding carboxylic acids is 3. The summed E-state index contributed by atoms with van der Waals surface area (Å²) in [6, 6.07) is 15.5. The van der Waals surface area contributed by atoms with Crippen molar-refractivity contribution in [1.82, 2.24) is 15.5 Å². The van der Waals surface area contributed by atoms with E-state index < -0.39 is 41.7 Å². The molecule has 2 aliphatic rings. The van der Waals surface area contributed by atoms with Gasteiger partial charge in [-0.25, -0.2) is 9.98 Å². The van der Waals surface area contributed by atoms with E-state index in [1.165, 1.54) is 30.3 Å². The predicted octanol–water partition coefficient (Wildman–Crippen LogP) is 2.43. The van der Waals surface area contributed by atoms with Crippen LogP contribution in [0, 0.1) is 0 Å². The van der Waals surface area contributed by atoms with Crippen molar-refractivity contribution in [3.63, 3.8) is 0 Å². The second-order valence-corrected chi connectivity index (χ2v) is 11.7. The molecule has 0 radical (unpaired) electrons. The Morgan fingerprint density at radius 2 is 1.20 bits per heavy atom. The number of nitrogens with zero attached hydrogens (tertiary/aromatic N) is 3. The van der Waals surface area contributed by atoms with E-state index in [1.807, 2.05) is 0 Å². The number of rotatable bonds is 13. The standard InChI is InChI=1S/C35H39N5O9/c1-20-28(38-33(48-20)22-10-3-5-13-25(22)41)32(46)37-17-9-19-40(18-8-16-36-31(45)24-12-7-15-27(43)30(24)44)35(47)29-21(2)49-34(39-29)23-11-4-6-14-26(23)42/h3-7,10-15,20-21,28-29,41-44H,8-9,16-19H2,1-2H3,(H,36,45)(H,37,46)/t20-,21-,28+,29+/m1/s1. The Bertz CT molecular complexity index is 1760. The maximum atomic E-state index is 13.8. The predicted molar refractivity (Wildman–Crippen MR) is 179 cm³/mol. The summed E-state index contributed by atoms with van der Waals surface area (Å²) in [7, 11) is 0. The minimum Gasteiger partial charge on any atom is -0.507 e. The molecule has 14 nitrogen and oxygen atoms in total. The number of amides is 3. The first kappa shape index (κ1) is 34.5.